The maximum atomic E-state index is 5.94. The lowest BCUT2D eigenvalue weighted by atomic mass is 10.1. The van der Waals surface area contributed by atoms with Crippen LogP contribution in [0.4, 0.5) is 0 Å². The summed E-state index contributed by atoms with van der Waals surface area (Å²) < 4.78 is 0. The van der Waals surface area contributed by atoms with Gasteiger partial charge in [0.1, 0.15) is 0 Å². The van der Waals surface area contributed by atoms with E-state index >= 15 is 0 Å². The van der Waals surface area contributed by atoms with E-state index in [2.05, 4.69) is 10.2 Å². The zero-order valence-electron chi connectivity index (χ0n) is 7.92. The van der Waals surface area contributed by atoms with Gasteiger partial charge in [0.25, 0.3) is 0 Å². The molecular weight excluding hydrogens is 198 g/mol. The highest BCUT2D eigenvalue weighted by Gasteiger charge is 2.11. The van der Waals surface area contributed by atoms with E-state index < -0.39 is 0 Å². The summed E-state index contributed by atoms with van der Waals surface area (Å²) in [6.45, 7) is 2.04. The molecule has 0 fully saturated rings. The Kier molecular flexibility index (Phi) is 2.44. The van der Waals surface area contributed by atoms with Gasteiger partial charge < -0.3 is 5.73 Å². The first-order chi connectivity index (χ1) is 6.72. The van der Waals surface area contributed by atoms with E-state index in [-0.39, 0.29) is 6.04 Å². The van der Waals surface area contributed by atoms with Crippen LogP contribution in [-0.2, 0) is 0 Å². The van der Waals surface area contributed by atoms with Crippen molar-refractivity contribution in [3.63, 3.8) is 0 Å². The molecule has 1 aromatic carbocycles. The number of hydrogen-bond acceptors (Lipinski definition) is 2. The average molecular weight is 210 g/mol. The Balaban J connectivity index is 2.61. The van der Waals surface area contributed by atoms with Gasteiger partial charge in [0.15, 0.2) is 0 Å². The Bertz CT molecular complexity index is 450. The van der Waals surface area contributed by atoms with E-state index in [1.165, 1.54) is 0 Å². The monoisotopic (exact) mass is 209 g/mol. The molecule has 0 aliphatic rings. The van der Waals surface area contributed by atoms with Gasteiger partial charge in [-0.1, -0.05) is 18.5 Å². The minimum Gasteiger partial charge on any atom is -0.323 e. The molecular formula is C10H12ClN3. The van der Waals surface area contributed by atoms with Crippen LogP contribution in [0.3, 0.4) is 0 Å². The number of nitrogens with two attached hydrogens (primary N) is 1. The van der Waals surface area contributed by atoms with Gasteiger partial charge in [-0.05, 0) is 24.6 Å². The van der Waals surface area contributed by atoms with Gasteiger partial charge in [-0.2, -0.15) is 5.10 Å². The summed E-state index contributed by atoms with van der Waals surface area (Å²) in [5.41, 5.74) is 7.81. The summed E-state index contributed by atoms with van der Waals surface area (Å²) in [4.78, 5) is 0. The van der Waals surface area contributed by atoms with E-state index in [9.17, 15) is 0 Å². The fraction of sp³-hybridized carbons (Fsp3) is 0.300. The summed E-state index contributed by atoms with van der Waals surface area (Å²) in [6, 6.07) is 5.61. The second-order valence-electron chi connectivity index (χ2n) is 3.31. The molecule has 2 rings (SSSR count). The number of benzene rings is 1. The van der Waals surface area contributed by atoms with Crippen LogP contribution in [0.15, 0.2) is 18.2 Å². The van der Waals surface area contributed by atoms with Crippen LogP contribution >= 0.6 is 11.6 Å². The number of aromatic nitrogens is 2. The molecule has 0 aliphatic heterocycles. The van der Waals surface area contributed by atoms with Crippen LogP contribution in [0.2, 0.25) is 5.02 Å². The molecule has 0 amide bonds. The van der Waals surface area contributed by atoms with Crippen molar-refractivity contribution in [1.29, 1.82) is 0 Å². The van der Waals surface area contributed by atoms with Crippen molar-refractivity contribution in [1.82, 2.24) is 10.2 Å². The van der Waals surface area contributed by atoms with Crippen molar-refractivity contribution < 1.29 is 0 Å². The second kappa shape index (κ2) is 3.59. The van der Waals surface area contributed by atoms with E-state index in [1.54, 1.807) is 0 Å². The maximum absolute atomic E-state index is 5.94. The Morgan fingerprint density at radius 3 is 3.07 bits per heavy atom. The predicted octanol–water partition coefficient (Wildman–Crippen LogP) is 2.63. The summed E-state index contributed by atoms with van der Waals surface area (Å²) in [6.07, 6.45) is 0.879. The van der Waals surface area contributed by atoms with Crippen molar-refractivity contribution in [3.05, 3.63) is 28.9 Å². The molecule has 1 atom stereocenters. The average Bonchev–Trinajstić information content (AvgIpc) is 2.59. The normalized spacial score (nSPS) is 13.4. The van der Waals surface area contributed by atoms with E-state index in [1.807, 2.05) is 25.1 Å². The first-order valence-corrected chi connectivity index (χ1v) is 4.99. The first kappa shape index (κ1) is 9.49. The van der Waals surface area contributed by atoms with Crippen molar-refractivity contribution in [3.8, 4) is 0 Å². The van der Waals surface area contributed by atoms with Gasteiger partial charge in [0, 0.05) is 16.5 Å². The number of H-pyrrole nitrogens is 1. The van der Waals surface area contributed by atoms with Crippen LogP contribution < -0.4 is 5.73 Å². The molecule has 0 saturated heterocycles. The Labute approximate surface area is 87.2 Å². The minimum atomic E-state index is -0.00142. The third-order valence-electron chi connectivity index (χ3n) is 2.36. The lowest BCUT2D eigenvalue weighted by Gasteiger charge is -2.05. The van der Waals surface area contributed by atoms with Crippen LogP contribution in [0.1, 0.15) is 25.1 Å². The molecule has 0 saturated carbocycles. The molecule has 74 valence electrons. The van der Waals surface area contributed by atoms with Crippen molar-refractivity contribution >= 4 is 22.5 Å². The first-order valence-electron chi connectivity index (χ1n) is 4.61. The largest absolute Gasteiger partial charge is 0.323 e. The molecule has 1 heterocycles. The lowest BCUT2D eigenvalue weighted by Crippen LogP contribution is -2.09. The third-order valence-corrected chi connectivity index (χ3v) is 2.59. The fourth-order valence-corrected chi connectivity index (χ4v) is 1.66. The SMILES string of the molecule is CCC(N)c1[nH]nc2ccc(Cl)cc12. The molecule has 0 bridgehead atoms. The molecule has 0 radical (unpaired) electrons. The molecule has 0 spiro atoms. The summed E-state index contributed by atoms with van der Waals surface area (Å²) >= 11 is 5.91. The highest BCUT2D eigenvalue weighted by Crippen LogP contribution is 2.24. The van der Waals surface area contributed by atoms with Crippen LogP contribution in [-0.4, -0.2) is 10.2 Å². The number of nitrogens with zero attached hydrogens (tertiary/aromatic N) is 1. The number of aromatic amines is 1. The van der Waals surface area contributed by atoms with Gasteiger partial charge in [0.2, 0.25) is 0 Å². The quantitative estimate of drug-likeness (QED) is 0.799. The van der Waals surface area contributed by atoms with Crippen LogP contribution in [0, 0.1) is 0 Å². The number of nitrogens with one attached hydrogen (secondary N) is 1. The smallest absolute Gasteiger partial charge is 0.0925 e. The molecule has 14 heavy (non-hydrogen) atoms. The predicted molar refractivity (Wildman–Crippen MR) is 58.3 cm³/mol. The van der Waals surface area contributed by atoms with E-state index in [0.29, 0.717) is 5.02 Å². The molecule has 3 nitrogen and oxygen atoms in total. The van der Waals surface area contributed by atoms with Crippen molar-refractivity contribution in [2.75, 3.05) is 0 Å². The van der Waals surface area contributed by atoms with Gasteiger partial charge >= 0.3 is 0 Å². The Morgan fingerprint density at radius 1 is 1.57 bits per heavy atom. The number of halogens is 1. The molecule has 1 unspecified atom stereocenters. The summed E-state index contributed by atoms with van der Waals surface area (Å²) in [5, 5.41) is 8.85. The third kappa shape index (κ3) is 1.49. The van der Waals surface area contributed by atoms with Crippen molar-refractivity contribution in [2.24, 2.45) is 5.73 Å². The van der Waals surface area contributed by atoms with Crippen LogP contribution in [0.25, 0.3) is 10.9 Å². The number of rotatable bonds is 2. The molecule has 0 aliphatic carbocycles. The zero-order chi connectivity index (χ0) is 10.1. The standard InChI is InChI=1S/C10H12ClN3/c1-2-8(12)10-7-5-6(11)3-4-9(7)13-14-10/h3-5,8H,2,12H2,1H3,(H,13,14). The van der Waals surface area contributed by atoms with Gasteiger partial charge in [-0.3, -0.25) is 5.10 Å². The topological polar surface area (TPSA) is 54.7 Å². The Morgan fingerprint density at radius 2 is 2.36 bits per heavy atom. The minimum absolute atomic E-state index is 0.00142. The lowest BCUT2D eigenvalue weighted by molar-refractivity contribution is 0.676. The molecule has 2 aromatic rings. The highest BCUT2D eigenvalue weighted by atomic mass is 35.5. The Hall–Kier alpha value is -1.06. The van der Waals surface area contributed by atoms with Crippen LogP contribution in [0.5, 0.6) is 0 Å². The summed E-state index contributed by atoms with van der Waals surface area (Å²) in [5.74, 6) is 0. The second-order valence-corrected chi connectivity index (χ2v) is 3.75. The van der Waals surface area contributed by atoms with Gasteiger partial charge in [-0.25, -0.2) is 0 Å². The highest BCUT2D eigenvalue weighted by molar-refractivity contribution is 6.31. The molecule has 1 aromatic heterocycles. The molecule has 4 heteroatoms. The summed E-state index contributed by atoms with van der Waals surface area (Å²) in [7, 11) is 0. The van der Waals surface area contributed by atoms with Gasteiger partial charge in [0.05, 0.1) is 11.2 Å². The van der Waals surface area contributed by atoms with Gasteiger partial charge in [-0.15, -0.1) is 0 Å². The number of hydrogen-bond donors (Lipinski definition) is 2. The maximum Gasteiger partial charge on any atom is 0.0925 e. The van der Waals surface area contributed by atoms with E-state index in [4.69, 9.17) is 17.3 Å². The zero-order valence-corrected chi connectivity index (χ0v) is 8.67. The fourth-order valence-electron chi connectivity index (χ4n) is 1.49. The molecule has 3 N–H and O–H groups in total. The van der Waals surface area contributed by atoms with E-state index in [0.717, 1.165) is 23.0 Å². The van der Waals surface area contributed by atoms with Crippen molar-refractivity contribution in [2.45, 2.75) is 19.4 Å². The number of fused-ring (bicyclic) bond motifs is 1.